The first-order valence-corrected chi connectivity index (χ1v) is 8.15. The lowest BCUT2D eigenvalue weighted by Gasteiger charge is -2.34. The molecule has 3 atom stereocenters. The Bertz CT molecular complexity index is 620. The lowest BCUT2D eigenvalue weighted by Crippen LogP contribution is -2.42. The number of fused-ring (bicyclic) bond motifs is 3. The minimum atomic E-state index is -0.300. The van der Waals surface area contributed by atoms with E-state index in [1.54, 1.807) is 13.2 Å². The maximum absolute atomic E-state index is 13.7. The van der Waals surface area contributed by atoms with Gasteiger partial charge in [0.15, 0.2) is 0 Å². The minimum absolute atomic E-state index is 0.0572. The van der Waals surface area contributed by atoms with Crippen LogP contribution in [0.4, 0.5) is 9.18 Å². The number of amides is 2. The van der Waals surface area contributed by atoms with Crippen molar-refractivity contribution in [2.24, 2.45) is 11.8 Å². The summed E-state index contributed by atoms with van der Waals surface area (Å²) in [4.78, 5) is 14.5. The number of likely N-dealkylation sites (tertiary alicyclic amines) is 1. The molecule has 5 nitrogen and oxygen atoms in total. The van der Waals surface area contributed by atoms with Gasteiger partial charge in [-0.15, -0.1) is 0 Å². The Morgan fingerprint density at radius 3 is 3.04 bits per heavy atom. The minimum Gasteiger partial charge on any atom is -0.493 e. The fourth-order valence-corrected chi connectivity index (χ4v) is 3.77. The van der Waals surface area contributed by atoms with Crippen molar-refractivity contribution in [1.29, 1.82) is 0 Å². The molecule has 1 aliphatic carbocycles. The molecule has 6 heteroatoms. The molecular formula is C17H21FN2O3. The quantitative estimate of drug-likeness (QED) is 0.930. The smallest absolute Gasteiger partial charge is 0.318 e. The highest BCUT2D eigenvalue weighted by molar-refractivity contribution is 5.76. The highest BCUT2D eigenvalue weighted by Crippen LogP contribution is 2.47. The highest BCUT2D eigenvalue weighted by Gasteiger charge is 2.48. The first-order chi connectivity index (χ1) is 11.2. The van der Waals surface area contributed by atoms with Crippen LogP contribution in [0.5, 0.6) is 5.75 Å². The third-order valence-corrected chi connectivity index (χ3v) is 5.05. The average Bonchev–Trinajstić information content (AvgIpc) is 3.27. The van der Waals surface area contributed by atoms with Gasteiger partial charge >= 0.3 is 6.03 Å². The second kappa shape index (κ2) is 5.67. The fraction of sp³-hybridized carbons (Fsp3) is 0.588. The molecular weight excluding hydrogens is 299 g/mol. The van der Waals surface area contributed by atoms with Gasteiger partial charge in [0.05, 0.1) is 19.3 Å². The Morgan fingerprint density at radius 1 is 1.48 bits per heavy atom. The van der Waals surface area contributed by atoms with Crippen LogP contribution in [-0.2, 0) is 4.74 Å². The second-order valence-electron chi connectivity index (χ2n) is 6.69. The lowest BCUT2D eigenvalue weighted by molar-refractivity contribution is 0.0999. The number of carbonyl (C=O) groups is 1. The normalized spacial score (nSPS) is 28.8. The summed E-state index contributed by atoms with van der Waals surface area (Å²) in [5, 5.41) is 3.05. The molecule has 0 aromatic heterocycles. The summed E-state index contributed by atoms with van der Waals surface area (Å²) in [7, 11) is 1.67. The number of benzene rings is 1. The summed E-state index contributed by atoms with van der Waals surface area (Å²) in [6.45, 7) is 1.72. The summed E-state index contributed by atoms with van der Waals surface area (Å²) in [5.41, 5.74) is 0.769. The van der Waals surface area contributed by atoms with E-state index in [4.69, 9.17) is 9.47 Å². The molecule has 2 aliphatic heterocycles. The van der Waals surface area contributed by atoms with Crippen LogP contribution in [0.15, 0.2) is 18.2 Å². The zero-order valence-corrected chi connectivity index (χ0v) is 13.1. The molecule has 1 aromatic carbocycles. The molecule has 1 saturated carbocycles. The Morgan fingerprint density at radius 2 is 2.30 bits per heavy atom. The van der Waals surface area contributed by atoms with Gasteiger partial charge in [0.25, 0.3) is 0 Å². The van der Waals surface area contributed by atoms with Crippen LogP contribution in [0.25, 0.3) is 0 Å². The van der Waals surface area contributed by atoms with Crippen LogP contribution in [0.3, 0.4) is 0 Å². The largest absolute Gasteiger partial charge is 0.493 e. The molecule has 2 heterocycles. The molecule has 1 saturated heterocycles. The van der Waals surface area contributed by atoms with Crippen LogP contribution >= 0.6 is 0 Å². The lowest BCUT2D eigenvalue weighted by atomic mass is 9.85. The number of nitrogens with one attached hydrogen (secondary N) is 1. The van der Waals surface area contributed by atoms with E-state index in [9.17, 15) is 9.18 Å². The highest BCUT2D eigenvalue weighted by atomic mass is 19.1. The van der Waals surface area contributed by atoms with Crippen LogP contribution in [-0.4, -0.2) is 43.8 Å². The number of hydrogen-bond acceptors (Lipinski definition) is 3. The van der Waals surface area contributed by atoms with E-state index >= 15 is 0 Å². The van der Waals surface area contributed by atoms with Crippen molar-refractivity contribution in [3.63, 3.8) is 0 Å². The van der Waals surface area contributed by atoms with E-state index in [1.165, 1.54) is 12.1 Å². The first kappa shape index (κ1) is 14.8. The Kier molecular flexibility index (Phi) is 3.64. The number of methoxy groups -OCH3 is 1. The first-order valence-electron chi connectivity index (χ1n) is 8.15. The molecule has 0 radical (unpaired) electrons. The number of halogens is 1. The molecule has 1 N–H and O–H groups in total. The van der Waals surface area contributed by atoms with Crippen molar-refractivity contribution in [2.75, 3.05) is 26.9 Å². The number of ether oxygens (including phenoxy) is 2. The zero-order chi connectivity index (χ0) is 16.0. The number of nitrogens with zero attached hydrogens (tertiary/aromatic N) is 1. The van der Waals surface area contributed by atoms with Gasteiger partial charge in [-0.1, -0.05) is 0 Å². The van der Waals surface area contributed by atoms with Gasteiger partial charge in [0.2, 0.25) is 0 Å². The summed E-state index contributed by atoms with van der Waals surface area (Å²) in [6.07, 6.45) is 2.09. The Balaban J connectivity index is 1.67. The van der Waals surface area contributed by atoms with Crippen molar-refractivity contribution in [3.8, 4) is 5.75 Å². The second-order valence-corrected chi connectivity index (χ2v) is 6.69. The maximum atomic E-state index is 13.7. The standard InChI is InChI=1S/C17H21FN2O3/c1-22-8-10-7-20(17(21)19-12-3-4-12)16-13-6-11(18)2-5-15(13)23-9-14(10)16/h2,5-6,10,12,14,16H,3-4,7-9H2,1H3,(H,19,21)/t10-,14-,16-/m0/s1. The molecule has 0 spiro atoms. The SMILES string of the molecule is COC[C@@H]1CN(C(=O)NC2CC2)[C@H]2c3cc(F)ccc3OC[C@@H]12. The van der Waals surface area contributed by atoms with E-state index < -0.39 is 0 Å². The van der Waals surface area contributed by atoms with Gasteiger partial charge in [-0.2, -0.15) is 0 Å². The average molecular weight is 320 g/mol. The maximum Gasteiger partial charge on any atom is 0.318 e. The van der Waals surface area contributed by atoms with Gasteiger partial charge in [-0.25, -0.2) is 9.18 Å². The fourth-order valence-electron chi connectivity index (χ4n) is 3.77. The van der Waals surface area contributed by atoms with E-state index in [1.807, 2.05) is 4.90 Å². The predicted molar refractivity (Wildman–Crippen MR) is 81.8 cm³/mol. The Labute approximate surface area is 134 Å². The molecule has 124 valence electrons. The summed E-state index contributed by atoms with van der Waals surface area (Å²) in [5.74, 6) is 0.709. The number of rotatable bonds is 3. The van der Waals surface area contributed by atoms with Crippen molar-refractivity contribution in [1.82, 2.24) is 10.2 Å². The van der Waals surface area contributed by atoms with Gasteiger partial charge in [-0.3, -0.25) is 0 Å². The van der Waals surface area contributed by atoms with Crippen molar-refractivity contribution < 1.29 is 18.7 Å². The van der Waals surface area contributed by atoms with E-state index in [-0.39, 0.29) is 29.7 Å². The topological polar surface area (TPSA) is 50.8 Å². The molecule has 4 rings (SSSR count). The van der Waals surface area contributed by atoms with Crippen molar-refractivity contribution >= 4 is 6.03 Å². The van der Waals surface area contributed by atoms with Gasteiger partial charge in [0.1, 0.15) is 11.6 Å². The predicted octanol–water partition coefficient (Wildman–Crippen LogP) is 2.33. The van der Waals surface area contributed by atoms with Gasteiger partial charge < -0.3 is 19.7 Å². The molecule has 2 amide bonds. The molecule has 0 bridgehead atoms. The Hall–Kier alpha value is -1.82. The van der Waals surface area contributed by atoms with Crippen molar-refractivity contribution in [3.05, 3.63) is 29.6 Å². The van der Waals surface area contributed by atoms with E-state index in [0.29, 0.717) is 31.5 Å². The van der Waals surface area contributed by atoms with Crippen LogP contribution in [0.1, 0.15) is 24.4 Å². The van der Waals surface area contributed by atoms with Gasteiger partial charge in [-0.05, 0) is 31.0 Å². The number of urea groups is 1. The summed E-state index contributed by atoms with van der Waals surface area (Å²) < 4.78 is 24.9. The monoisotopic (exact) mass is 320 g/mol. The van der Waals surface area contributed by atoms with E-state index in [0.717, 1.165) is 18.4 Å². The zero-order valence-electron chi connectivity index (χ0n) is 13.1. The third-order valence-electron chi connectivity index (χ3n) is 5.05. The summed E-state index contributed by atoms with van der Waals surface area (Å²) >= 11 is 0. The van der Waals surface area contributed by atoms with Crippen LogP contribution in [0.2, 0.25) is 0 Å². The van der Waals surface area contributed by atoms with Crippen LogP contribution in [0, 0.1) is 17.7 Å². The molecule has 1 aromatic rings. The summed E-state index contributed by atoms with van der Waals surface area (Å²) in [6, 6.07) is 4.65. The van der Waals surface area contributed by atoms with Crippen molar-refractivity contribution in [2.45, 2.75) is 24.9 Å². The molecule has 2 fully saturated rings. The molecule has 0 unspecified atom stereocenters. The molecule has 3 aliphatic rings. The number of hydrogen-bond donors (Lipinski definition) is 1. The van der Waals surface area contributed by atoms with E-state index in [2.05, 4.69) is 5.32 Å². The molecule has 23 heavy (non-hydrogen) atoms. The van der Waals surface area contributed by atoms with Gasteiger partial charge in [0, 0.05) is 37.1 Å². The number of carbonyl (C=O) groups excluding carboxylic acids is 1. The van der Waals surface area contributed by atoms with Crippen LogP contribution < -0.4 is 10.1 Å². The third kappa shape index (κ3) is 2.65.